The molecular weight excluding hydrogens is 427 g/mol. The van der Waals surface area contributed by atoms with Crippen LogP contribution in [0, 0.1) is 10.1 Å². The molecule has 6 nitrogen and oxygen atoms in total. The summed E-state index contributed by atoms with van der Waals surface area (Å²) < 4.78 is 93.0. The maximum Gasteiger partial charge on any atom is 0.462 e. The third-order valence-electron chi connectivity index (χ3n) is 3.58. The first-order valence-electron chi connectivity index (χ1n) is 7.92. The number of hydrogen-bond acceptors (Lipinski definition) is 5. The minimum atomic E-state index is -6.46. The lowest BCUT2D eigenvalue weighted by atomic mass is 10.2. The molecule has 0 saturated carbocycles. The van der Waals surface area contributed by atoms with Crippen molar-refractivity contribution in [3.63, 3.8) is 0 Å². The highest BCUT2D eigenvalue weighted by Gasteiger charge is 2.73. The summed E-state index contributed by atoms with van der Waals surface area (Å²) in [5.41, 5.74) is 0.988. The van der Waals surface area contributed by atoms with Crippen molar-refractivity contribution in [2.75, 3.05) is 0 Å². The standard InChI is InChI=1S/C17H12F7N3O3/c18-15(19,16(20,21)22)17(23,24)26-25-9-11-4-6-14(7-5-11)30-10-12-2-1-3-13(8-12)27(28)29/h1-9,26H,10H2/b25-9+. The molecule has 0 aliphatic rings. The van der Waals surface area contributed by atoms with Crippen molar-refractivity contribution in [3.8, 4) is 5.75 Å². The number of hydrogen-bond donors (Lipinski definition) is 1. The molecule has 0 saturated heterocycles. The number of nitro benzene ring substituents is 1. The SMILES string of the molecule is O=[N+]([O-])c1cccc(COc2ccc(/C=N/NC(F)(F)C(F)(F)C(F)(F)F)cc2)c1. The summed E-state index contributed by atoms with van der Waals surface area (Å²) in [6.45, 7) is -0.0184. The molecule has 0 aliphatic heterocycles. The molecule has 1 N–H and O–H groups in total. The summed E-state index contributed by atoms with van der Waals surface area (Å²) in [6.07, 6.45) is -5.85. The number of nitrogens with one attached hydrogen (secondary N) is 1. The zero-order valence-electron chi connectivity index (χ0n) is 14.7. The predicted molar refractivity (Wildman–Crippen MR) is 90.5 cm³/mol. The van der Waals surface area contributed by atoms with Crippen LogP contribution in [0.2, 0.25) is 0 Å². The molecular formula is C17H12F7N3O3. The van der Waals surface area contributed by atoms with Crippen LogP contribution in [-0.2, 0) is 6.61 Å². The molecule has 0 radical (unpaired) electrons. The smallest absolute Gasteiger partial charge is 0.462 e. The Morgan fingerprint density at radius 2 is 1.67 bits per heavy atom. The minimum Gasteiger partial charge on any atom is -0.489 e. The topological polar surface area (TPSA) is 76.8 Å². The molecule has 0 aliphatic carbocycles. The van der Waals surface area contributed by atoms with E-state index in [1.165, 1.54) is 42.5 Å². The lowest BCUT2D eigenvalue weighted by molar-refractivity contribution is -0.384. The fourth-order valence-electron chi connectivity index (χ4n) is 2.01. The van der Waals surface area contributed by atoms with Gasteiger partial charge in [0.15, 0.2) is 0 Å². The van der Waals surface area contributed by atoms with Gasteiger partial charge in [0, 0.05) is 12.1 Å². The first-order chi connectivity index (χ1) is 13.8. The van der Waals surface area contributed by atoms with Gasteiger partial charge in [-0.25, -0.2) is 5.43 Å². The Labute approximate surface area is 164 Å². The largest absolute Gasteiger partial charge is 0.489 e. The first-order valence-corrected chi connectivity index (χ1v) is 7.92. The van der Waals surface area contributed by atoms with Gasteiger partial charge in [0.05, 0.1) is 11.1 Å². The number of nitrogens with zero attached hydrogens (tertiary/aromatic N) is 2. The number of rotatable bonds is 8. The first kappa shape index (κ1) is 22.9. The van der Waals surface area contributed by atoms with E-state index in [1.807, 2.05) is 0 Å². The maximum atomic E-state index is 13.0. The Bertz CT molecular complexity index is 916. The summed E-state index contributed by atoms with van der Waals surface area (Å²) in [7, 11) is 0. The third kappa shape index (κ3) is 5.36. The van der Waals surface area contributed by atoms with E-state index in [0.717, 1.165) is 0 Å². The van der Waals surface area contributed by atoms with E-state index in [9.17, 15) is 40.8 Å². The molecule has 0 atom stereocenters. The lowest BCUT2D eigenvalue weighted by Gasteiger charge is -2.27. The zero-order chi connectivity index (χ0) is 22.6. The Morgan fingerprint density at radius 1 is 1.03 bits per heavy atom. The minimum absolute atomic E-state index is 0.0184. The molecule has 0 bridgehead atoms. The monoisotopic (exact) mass is 439 g/mol. The van der Waals surface area contributed by atoms with E-state index in [1.54, 1.807) is 6.07 Å². The van der Waals surface area contributed by atoms with Gasteiger partial charge in [-0.05, 0) is 35.4 Å². The number of halogens is 7. The molecule has 0 heterocycles. The highest BCUT2D eigenvalue weighted by molar-refractivity contribution is 5.79. The number of nitro groups is 1. The van der Waals surface area contributed by atoms with Crippen LogP contribution in [0.1, 0.15) is 11.1 Å². The summed E-state index contributed by atoms with van der Waals surface area (Å²) >= 11 is 0. The van der Waals surface area contributed by atoms with Gasteiger partial charge in [-0.1, -0.05) is 12.1 Å². The van der Waals surface area contributed by atoms with Crippen molar-refractivity contribution in [1.29, 1.82) is 0 Å². The number of ether oxygens (including phenoxy) is 1. The highest BCUT2D eigenvalue weighted by Crippen LogP contribution is 2.44. The Kier molecular flexibility index (Phi) is 6.53. The third-order valence-corrected chi connectivity index (χ3v) is 3.58. The second kappa shape index (κ2) is 8.55. The maximum absolute atomic E-state index is 13.0. The summed E-state index contributed by atoms with van der Waals surface area (Å²) in [4.78, 5) is 10.2. The quantitative estimate of drug-likeness (QED) is 0.209. The van der Waals surface area contributed by atoms with E-state index in [4.69, 9.17) is 4.74 Å². The lowest BCUT2D eigenvalue weighted by Crippen LogP contribution is -2.58. The van der Waals surface area contributed by atoms with Crippen molar-refractivity contribution in [3.05, 3.63) is 69.8 Å². The van der Waals surface area contributed by atoms with Crippen molar-refractivity contribution in [1.82, 2.24) is 5.43 Å². The van der Waals surface area contributed by atoms with Crippen molar-refractivity contribution >= 4 is 11.9 Å². The van der Waals surface area contributed by atoms with Crippen LogP contribution in [0.4, 0.5) is 36.4 Å². The summed E-state index contributed by atoms with van der Waals surface area (Å²) in [6, 6.07) is 5.27. The second-order valence-electron chi connectivity index (χ2n) is 5.80. The predicted octanol–water partition coefficient (Wildman–Crippen LogP) is 4.89. The van der Waals surface area contributed by atoms with Crippen LogP contribution in [0.15, 0.2) is 53.6 Å². The van der Waals surface area contributed by atoms with Gasteiger partial charge in [-0.3, -0.25) is 10.1 Å². The molecule has 0 spiro atoms. The number of benzene rings is 2. The molecule has 162 valence electrons. The Hall–Kier alpha value is -3.38. The molecule has 2 aromatic carbocycles. The van der Waals surface area contributed by atoms with E-state index in [-0.39, 0.29) is 23.6 Å². The van der Waals surface area contributed by atoms with Crippen molar-refractivity contribution < 1.29 is 40.4 Å². The van der Waals surface area contributed by atoms with Gasteiger partial charge < -0.3 is 4.74 Å². The normalized spacial score (nSPS) is 12.8. The zero-order valence-corrected chi connectivity index (χ0v) is 14.7. The number of hydrazone groups is 1. The fraction of sp³-hybridized carbons (Fsp3) is 0.235. The van der Waals surface area contributed by atoms with Gasteiger partial charge in [0.25, 0.3) is 5.69 Å². The van der Waals surface area contributed by atoms with Crippen molar-refractivity contribution in [2.24, 2.45) is 5.10 Å². The molecule has 0 fully saturated rings. The van der Waals surface area contributed by atoms with Crippen LogP contribution in [0.3, 0.4) is 0 Å². The molecule has 2 rings (SSSR count). The van der Waals surface area contributed by atoms with Gasteiger partial charge >= 0.3 is 18.1 Å². The van der Waals surface area contributed by atoms with Crippen LogP contribution >= 0.6 is 0 Å². The summed E-state index contributed by atoms with van der Waals surface area (Å²) in [5, 5.41) is 13.5. The van der Waals surface area contributed by atoms with E-state index in [0.29, 0.717) is 17.2 Å². The van der Waals surface area contributed by atoms with Crippen LogP contribution < -0.4 is 10.2 Å². The van der Waals surface area contributed by atoms with Crippen LogP contribution in [0.5, 0.6) is 5.75 Å². The van der Waals surface area contributed by atoms with Gasteiger partial charge in [-0.2, -0.15) is 35.8 Å². The van der Waals surface area contributed by atoms with Crippen molar-refractivity contribution in [2.45, 2.75) is 24.8 Å². The average Bonchev–Trinajstić information content (AvgIpc) is 2.66. The average molecular weight is 439 g/mol. The molecule has 30 heavy (non-hydrogen) atoms. The Morgan fingerprint density at radius 3 is 2.23 bits per heavy atom. The molecule has 13 heteroatoms. The van der Waals surface area contributed by atoms with Gasteiger partial charge in [0.2, 0.25) is 0 Å². The molecule has 2 aromatic rings. The van der Waals surface area contributed by atoms with Gasteiger partial charge in [0.1, 0.15) is 12.4 Å². The number of alkyl halides is 7. The van der Waals surface area contributed by atoms with E-state index >= 15 is 0 Å². The van der Waals surface area contributed by atoms with E-state index < -0.39 is 23.1 Å². The molecule has 0 aromatic heterocycles. The highest BCUT2D eigenvalue weighted by atomic mass is 19.4. The number of non-ortho nitro benzene ring substituents is 1. The Balaban J connectivity index is 1.96. The van der Waals surface area contributed by atoms with E-state index in [2.05, 4.69) is 5.10 Å². The van der Waals surface area contributed by atoms with Crippen LogP contribution in [-0.4, -0.2) is 29.3 Å². The summed E-state index contributed by atoms with van der Waals surface area (Å²) in [5.74, 6) is -6.04. The van der Waals surface area contributed by atoms with Crippen LogP contribution in [0.25, 0.3) is 0 Å². The molecule has 0 unspecified atom stereocenters. The second-order valence-corrected chi connectivity index (χ2v) is 5.80. The fourth-order valence-corrected chi connectivity index (χ4v) is 2.01. The molecule has 0 amide bonds. The van der Waals surface area contributed by atoms with Gasteiger partial charge in [-0.15, -0.1) is 0 Å².